The Morgan fingerprint density at radius 1 is 1.05 bits per heavy atom. The van der Waals surface area contributed by atoms with Gasteiger partial charge in [0.15, 0.2) is 0 Å². The lowest BCUT2D eigenvalue weighted by Crippen LogP contribution is -2.09. The van der Waals surface area contributed by atoms with Crippen LogP contribution in [-0.4, -0.2) is 6.61 Å². The first-order chi connectivity index (χ1) is 10.2. The highest BCUT2D eigenvalue weighted by molar-refractivity contribution is 5.50. The number of hydrogen-bond acceptors (Lipinski definition) is 2. The van der Waals surface area contributed by atoms with Crippen LogP contribution < -0.4 is 10.1 Å². The van der Waals surface area contributed by atoms with E-state index in [2.05, 4.69) is 62.5 Å². The van der Waals surface area contributed by atoms with Crippen molar-refractivity contribution in [2.24, 2.45) is 0 Å². The van der Waals surface area contributed by atoms with E-state index >= 15 is 0 Å². The van der Waals surface area contributed by atoms with Crippen LogP contribution in [0.4, 0.5) is 5.69 Å². The summed E-state index contributed by atoms with van der Waals surface area (Å²) in [6.07, 6.45) is 2.07. The van der Waals surface area contributed by atoms with Crippen LogP contribution in [0.1, 0.15) is 43.9 Å². The molecule has 0 aliphatic heterocycles. The Bertz CT molecular complexity index is 548. The van der Waals surface area contributed by atoms with Crippen LogP contribution in [-0.2, 0) is 0 Å². The van der Waals surface area contributed by atoms with Gasteiger partial charge in [0.1, 0.15) is 5.75 Å². The molecule has 0 amide bonds. The normalized spacial score (nSPS) is 12.0. The molecule has 0 saturated carbocycles. The van der Waals surface area contributed by atoms with E-state index < -0.39 is 0 Å². The van der Waals surface area contributed by atoms with Gasteiger partial charge in [-0.25, -0.2) is 0 Å². The highest BCUT2D eigenvalue weighted by atomic mass is 16.5. The van der Waals surface area contributed by atoms with E-state index in [1.165, 1.54) is 11.1 Å². The van der Waals surface area contributed by atoms with Crippen molar-refractivity contribution < 1.29 is 4.74 Å². The molecule has 2 aromatic rings. The van der Waals surface area contributed by atoms with Crippen LogP contribution in [0.3, 0.4) is 0 Å². The zero-order chi connectivity index (χ0) is 15.1. The second kappa shape index (κ2) is 7.72. The molecule has 1 unspecified atom stereocenters. The average molecular weight is 283 g/mol. The first-order valence-corrected chi connectivity index (χ1v) is 7.79. The lowest BCUT2D eigenvalue weighted by molar-refractivity contribution is 0.317. The van der Waals surface area contributed by atoms with Crippen molar-refractivity contribution in [3.05, 3.63) is 59.7 Å². The molecule has 0 aromatic heterocycles. The Balaban J connectivity index is 2.09. The van der Waals surface area contributed by atoms with Crippen molar-refractivity contribution in [3.8, 4) is 5.75 Å². The molecule has 112 valence electrons. The minimum atomic E-state index is 0.326. The maximum absolute atomic E-state index is 5.69. The molecular weight excluding hydrogens is 258 g/mol. The van der Waals surface area contributed by atoms with Gasteiger partial charge < -0.3 is 10.1 Å². The van der Waals surface area contributed by atoms with Crippen LogP contribution in [0.2, 0.25) is 0 Å². The summed E-state index contributed by atoms with van der Waals surface area (Å²) in [7, 11) is 0. The lowest BCUT2D eigenvalue weighted by Gasteiger charge is -2.19. The van der Waals surface area contributed by atoms with Crippen molar-refractivity contribution in [3.63, 3.8) is 0 Å². The number of anilines is 1. The SMILES string of the molecule is CCCOc1cccc(NC(CC)c2ccc(C)cc2)c1. The molecule has 2 rings (SSSR count). The fourth-order valence-corrected chi connectivity index (χ4v) is 2.32. The molecule has 2 heteroatoms. The van der Waals surface area contributed by atoms with E-state index in [-0.39, 0.29) is 0 Å². The van der Waals surface area contributed by atoms with Gasteiger partial charge in [-0.3, -0.25) is 0 Å². The second-order valence-corrected chi connectivity index (χ2v) is 5.39. The van der Waals surface area contributed by atoms with E-state index in [0.29, 0.717) is 6.04 Å². The molecule has 0 bridgehead atoms. The van der Waals surface area contributed by atoms with Crippen molar-refractivity contribution in [1.29, 1.82) is 0 Å². The molecule has 0 aliphatic rings. The van der Waals surface area contributed by atoms with Crippen molar-refractivity contribution in [2.75, 3.05) is 11.9 Å². The summed E-state index contributed by atoms with van der Waals surface area (Å²) < 4.78 is 5.69. The summed E-state index contributed by atoms with van der Waals surface area (Å²) in [5.41, 5.74) is 3.72. The fourth-order valence-electron chi connectivity index (χ4n) is 2.32. The Hall–Kier alpha value is -1.96. The van der Waals surface area contributed by atoms with Crippen molar-refractivity contribution in [1.82, 2.24) is 0 Å². The summed E-state index contributed by atoms with van der Waals surface area (Å²) >= 11 is 0. The highest BCUT2D eigenvalue weighted by Crippen LogP contribution is 2.25. The largest absolute Gasteiger partial charge is 0.494 e. The van der Waals surface area contributed by atoms with Gasteiger partial charge >= 0.3 is 0 Å². The van der Waals surface area contributed by atoms with Gasteiger partial charge in [0.25, 0.3) is 0 Å². The number of nitrogens with one attached hydrogen (secondary N) is 1. The third-order valence-electron chi connectivity index (χ3n) is 3.54. The predicted octanol–water partition coefficient (Wildman–Crippen LogP) is 5.35. The topological polar surface area (TPSA) is 21.3 Å². The summed E-state index contributed by atoms with van der Waals surface area (Å²) in [4.78, 5) is 0. The molecule has 0 radical (unpaired) electrons. The fraction of sp³-hybridized carbons (Fsp3) is 0.368. The Labute approximate surface area is 128 Å². The number of hydrogen-bond donors (Lipinski definition) is 1. The Morgan fingerprint density at radius 3 is 2.48 bits per heavy atom. The lowest BCUT2D eigenvalue weighted by atomic mass is 10.0. The van der Waals surface area contributed by atoms with E-state index in [1.54, 1.807) is 0 Å². The standard InChI is InChI=1S/C19H25NO/c1-4-13-21-18-8-6-7-17(14-18)20-19(5-2)16-11-9-15(3)10-12-16/h6-12,14,19-20H,4-5,13H2,1-3H3. The first kappa shape index (κ1) is 15.4. The minimum absolute atomic E-state index is 0.326. The van der Waals surface area contributed by atoms with E-state index in [9.17, 15) is 0 Å². The van der Waals surface area contributed by atoms with Crippen LogP contribution in [0, 0.1) is 6.92 Å². The van der Waals surface area contributed by atoms with Gasteiger partial charge in [0.2, 0.25) is 0 Å². The average Bonchev–Trinajstić information content (AvgIpc) is 2.52. The van der Waals surface area contributed by atoms with E-state index in [0.717, 1.165) is 30.9 Å². The number of benzene rings is 2. The summed E-state index contributed by atoms with van der Waals surface area (Å²) in [6, 6.07) is 17.3. The summed E-state index contributed by atoms with van der Waals surface area (Å²) in [5, 5.41) is 3.60. The number of ether oxygens (including phenoxy) is 1. The Kier molecular flexibility index (Phi) is 5.68. The number of aryl methyl sites for hydroxylation is 1. The van der Waals surface area contributed by atoms with Crippen LogP contribution in [0.25, 0.3) is 0 Å². The van der Waals surface area contributed by atoms with Gasteiger partial charge in [0.05, 0.1) is 12.6 Å². The van der Waals surface area contributed by atoms with Crippen molar-refractivity contribution in [2.45, 2.75) is 39.7 Å². The van der Waals surface area contributed by atoms with Gasteiger partial charge in [-0.15, -0.1) is 0 Å². The molecule has 1 atom stereocenters. The molecule has 0 spiro atoms. The van der Waals surface area contributed by atoms with Crippen LogP contribution in [0.5, 0.6) is 5.75 Å². The minimum Gasteiger partial charge on any atom is -0.494 e. The van der Waals surface area contributed by atoms with E-state index in [1.807, 2.05) is 12.1 Å². The quantitative estimate of drug-likeness (QED) is 0.740. The molecule has 0 aliphatic carbocycles. The molecule has 2 aromatic carbocycles. The molecule has 21 heavy (non-hydrogen) atoms. The van der Waals surface area contributed by atoms with Gasteiger partial charge in [-0.2, -0.15) is 0 Å². The Morgan fingerprint density at radius 2 is 1.81 bits per heavy atom. The van der Waals surface area contributed by atoms with Crippen LogP contribution >= 0.6 is 0 Å². The third kappa shape index (κ3) is 4.52. The maximum Gasteiger partial charge on any atom is 0.121 e. The molecule has 0 heterocycles. The highest BCUT2D eigenvalue weighted by Gasteiger charge is 2.09. The summed E-state index contributed by atoms with van der Waals surface area (Å²) in [6.45, 7) is 7.20. The van der Waals surface area contributed by atoms with Gasteiger partial charge in [-0.1, -0.05) is 49.7 Å². The monoisotopic (exact) mass is 283 g/mol. The second-order valence-electron chi connectivity index (χ2n) is 5.39. The summed E-state index contributed by atoms with van der Waals surface area (Å²) in [5.74, 6) is 0.931. The zero-order valence-electron chi connectivity index (χ0n) is 13.2. The molecule has 0 fully saturated rings. The zero-order valence-corrected chi connectivity index (χ0v) is 13.2. The van der Waals surface area contributed by atoms with Crippen LogP contribution in [0.15, 0.2) is 48.5 Å². The van der Waals surface area contributed by atoms with Gasteiger partial charge in [-0.05, 0) is 37.5 Å². The molecular formula is C19H25NO. The molecule has 2 nitrogen and oxygen atoms in total. The molecule has 0 saturated heterocycles. The first-order valence-electron chi connectivity index (χ1n) is 7.79. The smallest absolute Gasteiger partial charge is 0.121 e. The maximum atomic E-state index is 5.69. The molecule has 1 N–H and O–H groups in total. The number of rotatable bonds is 7. The van der Waals surface area contributed by atoms with E-state index in [4.69, 9.17) is 4.74 Å². The van der Waals surface area contributed by atoms with Crippen molar-refractivity contribution >= 4 is 5.69 Å². The van der Waals surface area contributed by atoms with Gasteiger partial charge in [0, 0.05) is 11.8 Å². The third-order valence-corrected chi connectivity index (χ3v) is 3.54. The predicted molar refractivity (Wildman–Crippen MR) is 90.1 cm³/mol.